The van der Waals surface area contributed by atoms with Gasteiger partial charge < -0.3 is 15.3 Å². The van der Waals surface area contributed by atoms with Gasteiger partial charge in [-0.05, 0) is 31.4 Å². The molecule has 1 aromatic rings. The van der Waals surface area contributed by atoms with E-state index in [0.717, 1.165) is 24.9 Å². The third kappa shape index (κ3) is 2.80. The lowest BCUT2D eigenvalue weighted by atomic mass is 10.0. The second-order valence-electron chi connectivity index (χ2n) is 5.50. The fourth-order valence-corrected chi connectivity index (χ4v) is 2.74. The molecule has 1 fully saturated rings. The molecule has 20 heavy (non-hydrogen) atoms. The smallest absolute Gasteiger partial charge is 0.257 e. The first-order chi connectivity index (χ1) is 9.58. The molecule has 1 heterocycles. The Morgan fingerprint density at radius 3 is 2.80 bits per heavy atom. The van der Waals surface area contributed by atoms with Crippen molar-refractivity contribution in [1.82, 2.24) is 10.2 Å². The van der Waals surface area contributed by atoms with Gasteiger partial charge in [0.05, 0.1) is 5.56 Å². The van der Waals surface area contributed by atoms with Gasteiger partial charge in [-0.2, -0.15) is 0 Å². The normalized spacial score (nSPS) is 22.9. The Balaban J connectivity index is 2.27. The summed E-state index contributed by atoms with van der Waals surface area (Å²) < 4.78 is 0. The maximum atomic E-state index is 12.7. The average molecular weight is 276 g/mol. The Bertz CT molecular complexity index is 487. The number of piperazine rings is 1. The Labute approximate surface area is 120 Å². The first kappa shape index (κ1) is 14.9. The number of hydrogen-bond donors (Lipinski definition) is 2. The average Bonchev–Trinajstić information content (AvgIpc) is 2.48. The zero-order valence-electron chi connectivity index (χ0n) is 12.5. The molecule has 1 saturated heterocycles. The lowest BCUT2D eigenvalue weighted by molar-refractivity contribution is 0.0573. The van der Waals surface area contributed by atoms with Crippen LogP contribution in [0, 0.1) is 6.92 Å². The van der Waals surface area contributed by atoms with Gasteiger partial charge in [0.25, 0.3) is 5.91 Å². The fourth-order valence-electron chi connectivity index (χ4n) is 2.74. The molecule has 1 amide bonds. The number of amides is 1. The highest BCUT2D eigenvalue weighted by molar-refractivity contribution is 5.97. The van der Waals surface area contributed by atoms with Crippen LogP contribution in [0.3, 0.4) is 0 Å². The fraction of sp³-hybridized carbons (Fsp3) is 0.562. The standard InChI is InChI=1S/C16H24N2O2/c1-4-12-10-18(13(5-2)9-17-12)16(20)14-8-6-7-11(3)15(14)19/h6-8,12-13,17,19H,4-5,9-10H2,1-3H3. The van der Waals surface area contributed by atoms with E-state index in [1.165, 1.54) is 0 Å². The lowest BCUT2D eigenvalue weighted by Crippen LogP contribution is -2.57. The number of aromatic hydroxyl groups is 1. The molecular formula is C16H24N2O2. The van der Waals surface area contributed by atoms with Crippen molar-refractivity contribution in [3.8, 4) is 5.75 Å². The summed E-state index contributed by atoms with van der Waals surface area (Å²) >= 11 is 0. The molecule has 0 radical (unpaired) electrons. The molecule has 1 aliphatic heterocycles. The number of aryl methyl sites for hydroxylation is 1. The van der Waals surface area contributed by atoms with E-state index in [1.807, 2.05) is 24.0 Å². The molecule has 4 heteroatoms. The first-order valence-electron chi connectivity index (χ1n) is 7.41. The van der Waals surface area contributed by atoms with Crippen molar-refractivity contribution in [3.05, 3.63) is 29.3 Å². The van der Waals surface area contributed by atoms with Crippen LogP contribution in [0.1, 0.15) is 42.6 Å². The van der Waals surface area contributed by atoms with Gasteiger partial charge in [-0.1, -0.05) is 26.0 Å². The quantitative estimate of drug-likeness (QED) is 0.890. The number of phenols is 1. The highest BCUT2D eigenvalue weighted by atomic mass is 16.3. The zero-order valence-corrected chi connectivity index (χ0v) is 12.5. The minimum atomic E-state index is -0.0574. The van der Waals surface area contributed by atoms with E-state index in [4.69, 9.17) is 0 Å². The molecule has 2 N–H and O–H groups in total. The van der Waals surface area contributed by atoms with Crippen molar-refractivity contribution < 1.29 is 9.90 Å². The van der Waals surface area contributed by atoms with Gasteiger partial charge >= 0.3 is 0 Å². The van der Waals surface area contributed by atoms with Crippen molar-refractivity contribution in [1.29, 1.82) is 0 Å². The first-order valence-corrected chi connectivity index (χ1v) is 7.41. The predicted octanol–water partition coefficient (Wildman–Crippen LogP) is 2.30. The van der Waals surface area contributed by atoms with E-state index >= 15 is 0 Å². The second-order valence-corrected chi connectivity index (χ2v) is 5.50. The summed E-state index contributed by atoms with van der Waals surface area (Å²) in [5.74, 6) is 0.0527. The van der Waals surface area contributed by atoms with Crippen LogP contribution in [0.15, 0.2) is 18.2 Å². The van der Waals surface area contributed by atoms with E-state index in [0.29, 0.717) is 18.2 Å². The summed E-state index contributed by atoms with van der Waals surface area (Å²) in [7, 11) is 0. The molecule has 110 valence electrons. The van der Waals surface area contributed by atoms with Crippen LogP contribution in [0.2, 0.25) is 0 Å². The minimum Gasteiger partial charge on any atom is -0.507 e. The predicted molar refractivity (Wildman–Crippen MR) is 80.0 cm³/mol. The number of benzene rings is 1. The van der Waals surface area contributed by atoms with E-state index in [2.05, 4.69) is 19.2 Å². The van der Waals surface area contributed by atoms with Crippen molar-refractivity contribution >= 4 is 5.91 Å². The molecule has 2 unspecified atom stereocenters. The van der Waals surface area contributed by atoms with Crippen LogP contribution in [-0.4, -0.2) is 41.1 Å². The number of hydrogen-bond acceptors (Lipinski definition) is 3. The van der Waals surface area contributed by atoms with Crippen molar-refractivity contribution in [2.75, 3.05) is 13.1 Å². The Hall–Kier alpha value is -1.55. The van der Waals surface area contributed by atoms with Gasteiger partial charge in [0.15, 0.2) is 0 Å². The van der Waals surface area contributed by atoms with E-state index < -0.39 is 0 Å². The number of phenolic OH excluding ortho intramolecular Hbond substituents is 1. The second kappa shape index (κ2) is 6.27. The molecule has 0 aromatic heterocycles. The van der Waals surface area contributed by atoms with Gasteiger partial charge in [0.1, 0.15) is 5.75 Å². The number of nitrogens with one attached hydrogen (secondary N) is 1. The summed E-state index contributed by atoms with van der Waals surface area (Å²) in [6, 6.07) is 5.89. The molecule has 2 rings (SSSR count). The van der Waals surface area contributed by atoms with Crippen LogP contribution in [0.5, 0.6) is 5.75 Å². The molecule has 0 saturated carbocycles. The third-order valence-electron chi connectivity index (χ3n) is 4.19. The largest absolute Gasteiger partial charge is 0.507 e. The Kier molecular flexibility index (Phi) is 4.65. The van der Waals surface area contributed by atoms with Crippen LogP contribution in [0.4, 0.5) is 0 Å². The Morgan fingerprint density at radius 2 is 2.15 bits per heavy atom. The molecule has 0 bridgehead atoms. The molecule has 1 aromatic carbocycles. The Morgan fingerprint density at radius 1 is 1.40 bits per heavy atom. The van der Waals surface area contributed by atoms with Crippen LogP contribution >= 0.6 is 0 Å². The maximum Gasteiger partial charge on any atom is 0.257 e. The highest BCUT2D eigenvalue weighted by Gasteiger charge is 2.31. The van der Waals surface area contributed by atoms with Crippen molar-refractivity contribution in [2.24, 2.45) is 0 Å². The topological polar surface area (TPSA) is 52.6 Å². The van der Waals surface area contributed by atoms with Crippen LogP contribution in [-0.2, 0) is 0 Å². The van der Waals surface area contributed by atoms with Crippen LogP contribution in [0.25, 0.3) is 0 Å². The van der Waals surface area contributed by atoms with Crippen molar-refractivity contribution in [2.45, 2.75) is 45.7 Å². The SMILES string of the molecule is CCC1CN(C(=O)c2cccc(C)c2O)C(CC)CN1. The van der Waals surface area contributed by atoms with Crippen molar-refractivity contribution in [3.63, 3.8) is 0 Å². The summed E-state index contributed by atoms with van der Waals surface area (Å²) in [6.07, 6.45) is 1.92. The summed E-state index contributed by atoms with van der Waals surface area (Å²) in [6.45, 7) is 7.57. The number of carbonyl (C=O) groups is 1. The molecule has 1 aliphatic rings. The molecule has 4 nitrogen and oxygen atoms in total. The minimum absolute atomic E-state index is 0.0574. The summed E-state index contributed by atoms with van der Waals surface area (Å²) in [5.41, 5.74) is 1.16. The number of para-hydroxylation sites is 1. The molecule has 0 aliphatic carbocycles. The van der Waals surface area contributed by atoms with E-state index in [-0.39, 0.29) is 17.7 Å². The van der Waals surface area contributed by atoms with Gasteiger partial charge in [0, 0.05) is 25.2 Å². The lowest BCUT2D eigenvalue weighted by Gasteiger charge is -2.40. The highest BCUT2D eigenvalue weighted by Crippen LogP contribution is 2.25. The number of nitrogens with zero attached hydrogens (tertiary/aromatic N) is 1. The number of rotatable bonds is 3. The molecule has 2 atom stereocenters. The summed E-state index contributed by atoms with van der Waals surface area (Å²) in [4.78, 5) is 14.7. The molecule has 0 spiro atoms. The summed E-state index contributed by atoms with van der Waals surface area (Å²) in [5, 5.41) is 13.6. The monoisotopic (exact) mass is 276 g/mol. The van der Waals surface area contributed by atoms with Gasteiger partial charge in [-0.15, -0.1) is 0 Å². The molecular weight excluding hydrogens is 252 g/mol. The van der Waals surface area contributed by atoms with Crippen LogP contribution < -0.4 is 5.32 Å². The van der Waals surface area contributed by atoms with E-state index in [9.17, 15) is 9.90 Å². The van der Waals surface area contributed by atoms with Gasteiger partial charge in [-0.25, -0.2) is 0 Å². The third-order valence-corrected chi connectivity index (χ3v) is 4.19. The number of carbonyl (C=O) groups excluding carboxylic acids is 1. The van der Waals surface area contributed by atoms with Gasteiger partial charge in [-0.3, -0.25) is 4.79 Å². The zero-order chi connectivity index (χ0) is 14.7. The maximum absolute atomic E-state index is 12.7. The van der Waals surface area contributed by atoms with Gasteiger partial charge in [0.2, 0.25) is 0 Å². The van der Waals surface area contributed by atoms with E-state index in [1.54, 1.807) is 6.07 Å².